The number of fused-ring (bicyclic) bond motifs is 1. The van der Waals surface area contributed by atoms with E-state index < -0.39 is 0 Å². The summed E-state index contributed by atoms with van der Waals surface area (Å²) in [5, 5.41) is 4.33. The molecule has 6 heteroatoms. The van der Waals surface area contributed by atoms with E-state index in [9.17, 15) is 4.79 Å². The van der Waals surface area contributed by atoms with E-state index in [1.807, 2.05) is 22.7 Å². The molecule has 0 bridgehead atoms. The molecule has 3 heterocycles. The Morgan fingerprint density at radius 1 is 1.36 bits per heavy atom. The van der Waals surface area contributed by atoms with E-state index in [1.165, 1.54) is 31.6 Å². The number of hydrogen-bond acceptors (Lipinski definition) is 4. The maximum atomic E-state index is 11.9. The lowest BCUT2D eigenvalue weighted by molar-refractivity contribution is 0.0117. The number of aromatic nitrogens is 2. The average Bonchev–Trinajstić information content (AvgIpc) is 3.03. The van der Waals surface area contributed by atoms with Crippen molar-refractivity contribution >= 4 is 6.09 Å². The third-order valence-corrected chi connectivity index (χ3v) is 7.24. The van der Waals surface area contributed by atoms with Crippen molar-refractivity contribution in [2.24, 2.45) is 24.3 Å². The fourth-order valence-electron chi connectivity index (χ4n) is 5.84. The zero-order valence-corrected chi connectivity index (χ0v) is 15.2. The average molecular weight is 344 g/mol. The van der Waals surface area contributed by atoms with Crippen LogP contribution in [-0.4, -0.2) is 64.5 Å². The number of piperidine rings is 1. The monoisotopic (exact) mass is 344 g/mol. The second-order valence-corrected chi connectivity index (χ2v) is 8.62. The molecule has 2 saturated heterocycles. The third-order valence-electron chi connectivity index (χ3n) is 7.24. The standard InChI is InChI=1S/C19H28N4O2/c1-3-25-18(24)22-7-5-19(12-22)8-13(9-19)23-10-14-15(11-23)17(14)16-4-6-20-21(16)2/h4,6,13-15,17H,3,5,7-12H2,1-2H3/t13?,14-,15+,17+,19?. The Labute approximate surface area is 149 Å². The Kier molecular flexibility index (Phi) is 3.43. The van der Waals surface area contributed by atoms with Crippen molar-refractivity contribution < 1.29 is 9.53 Å². The molecule has 0 aromatic carbocycles. The second kappa shape index (κ2) is 5.47. The number of nitrogens with zero attached hydrogens (tertiary/aromatic N) is 4. The van der Waals surface area contributed by atoms with Gasteiger partial charge in [-0.05, 0) is 49.5 Å². The van der Waals surface area contributed by atoms with Crippen LogP contribution in [0.5, 0.6) is 0 Å². The van der Waals surface area contributed by atoms with Crippen LogP contribution in [0, 0.1) is 17.3 Å². The first-order valence-electron chi connectivity index (χ1n) is 9.74. The molecule has 2 saturated carbocycles. The molecule has 6 nitrogen and oxygen atoms in total. The Morgan fingerprint density at radius 2 is 2.12 bits per heavy atom. The molecule has 2 aliphatic heterocycles. The van der Waals surface area contributed by atoms with E-state index in [0.717, 1.165) is 43.3 Å². The van der Waals surface area contributed by atoms with Crippen molar-refractivity contribution in [3.05, 3.63) is 18.0 Å². The highest BCUT2D eigenvalue weighted by atomic mass is 16.6. The molecule has 4 aliphatic rings. The molecule has 0 N–H and O–H groups in total. The molecule has 1 spiro atoms. The van der Waals surface area contributed by atoms with Crippen LogP contribution in [-0.2, 0) is 11.8 Å². The van der Waals surface area contributed by atoms with Gasteiger partial charge >= 0.3 is 6.09 Å². The van der Waals surface area contributed by atoms with Crippen molar-refractivity contribution in [1.29, 1.82) is 0 Å². The summed E-state index contributed by atoms with van der Waals surface area (Å²) < 4.78 is 7.21. The number of hydrogen-bond donors (Lipinski definition) is 0. The van der Waals surface area contributed by atoms with Crippen molar-refractivity contribution in [3.8, 4) is 0 Å². The summed E-state index contributed by atoms with van der Waals surface area (Å²) in [6.07, 6.45) is 5.48. The normalized spacial score (nSPS) is 39.5. The van der Waals surface area contributed by atoms with Gasteiger partial charge in [0, 0.05) is 57.1 Å². The minimum atomic E-state index is -0.121. The van der Waals surface area contributed by atoms with E-state index in [-0.39, 0.29) is 6.09 Å². The predicted molar refractivity (Wildman–Crippen MR) is 93.2 cm³/mol. The molecule has 1 aromatic rings. The predicted octanol–water partition coefficient (Wildman–Crippen LogP) is 2.08. The van der Waals surface area contributed by atoms with Gasteiger partial charge in [0.25, 0.3) is 0 Å². The van der Waals surface area contributed by atoms with Crippen LogP contribution in [0.15, 0.2) is 12.3 Å². The summed E-state index contributed by atoms with van der Waals surface area (Å²) in [5.41, 5.74) is 1.80. The maximum absolute atomic E-state index is 11.9. The van der Waals surface area contributed by atoms with Gasteiger partial charge in [-0.15, -0.1) is 0 Å². The smallest absolute Gasteiger partial charge is 0.409 e. The highest BCUT2D eigenvalue weighted by molar-refractivity contribution is 5.68. The number of likely N-dealkylation sites (tertiary alicyclic amines) is 2. The zero-order chi connectivity index (χ0) is 17.2. The van der Waals surface area contributed by atoms with Crippen LogP contribution < -0.4 is 0 Å². The number of ether oxygens (including phenoxy) is 1. The van der Waals surface area contributed by atoms with E-state index in [1.54, 1.807) is 0 Å². The summed E-state index contributed by atoms with van der Waals surface area (Å²) in [7, 11) is 2.06. The van der Waals surface area contributed by atoms with E-state index in [2.05, 4.69) is 23.1 Å². The van der Waals surface area contributed by atoms with Crippen LogP contribution in [0.3, 0.4) is 0 Å². The van der Waals surface area contributed by atoms with Crippen molar-refractivity contribution in [3.63, 3.8) is 0 Å². The molecule has 136 valence electrons. The summed E-state index contributed by atoms with van der Waals surface area (Å²) in [6.45, 7) is 6.63. The molecular weight excluding hydrogens is 316 g/mol. The molecule has 4 fully saturated rings. The Bertz CT molecular complexity index is 669. The summed E-state index contributed by atoms with van der Waals surface area (Å²) in [6, 6.07) is 2.93. The quantitative estimate of drug-likeness (QED) is 0.842. The lowest BCUT2D eigenvalue weighted by Gasteiger charge is -2.49. The molecule has 5 rings (SSSR count). The lowest BCUT2D eigenvalue weighted by Crippen LogP contribution is -2.52. The number of amides is 1. The minimum Gasteiger partial charge on any atom is -0.450 e. The van der Waals surface area contributed by atoms with E-state index >= 15 is 0 Å². The number of carbonyl (C=O) groups excluding carboxylic acids is 1. The first kappa shape index (κ1) is 15.7. The van der Waals surface area contributed by atoms with Gasteiger partial charge in [-0.1, -0.05) is 0 Å². The van der Waals surface area contributed by atoms with E-state index in [0.29, 0.717) is 12.0 Å². The van der Waals surface area contributed by atoms with Crippen LogP contribution >= 0.6 is 0 Å². The largest absolute Gasteiger partial charge is 0.450 e. The van der Waals surface area contributed by atoms with Crippen LogP contribution in [0.2, 0.25) is 0 Å². The maximum Gasteiger partial charge on any atom is 0.409 e. The van der Waals surface area contributed by atoms with Crippen LogP contribution in [0.25, 0.3) is 0 Å². The van der Waals surface area contributed by atoms with Gasteiger partial charge in [0.2, 0.25) is 0 Å². The Morgan fingerprint density at radius 3 is 2.76 bits per heavy atom. The van der Waals surface area contributed by atoms with Crippen LogP contribution in [0.4, 0.5) is 4.79 Å². The Hall–Kier alpha value is -1.56. The fraction of sp³-hybridized carbons (Fsp3) is 0.789. The lowest BCUT2D eigenvalue weighted by atomic mass is 9.64. The van der Waals surface area contributed by atoms with E-state index in [4.69, 9.17) is 4.74 Å². The number of aryl methyl sites for hydroxylation is 1. The highest BCUT2D eigenvalue weighted by Gasteiger charge is 2.60. The summed E-state index contributed by atoms with van der Waals surface area (Å²) in [5.74, 6) is 2.42. The fourth-order valence-corrected chi connectivity index (χ4v) is 5.84. The topological polar surface area (TPSA) is 50.6 Å². The number of carbonyl (C=O) groups is 1. The van der Waals surface area contributed by atoms with Gasteiger partial charge in [-0.3, -0.25) is 9.58 Å². The SMILES string of the molecule is CCOC(=O)N1CCC2(CC(N3C[C@@H]4[C@H](C3)[C@H]4c3ccnn3C)C2)C1. The summed E-state index contributed by atoms with van der Waals surface area (Å²) in [4.78, 5) is 16.6. The van der Waals surface area contributed by atoms with Gasteiger partial charge in [0.1, 0.15) is 0 Å². The first-order valence-corrected chi connectivity index (χ1v) is 9.74. The van der Waals surface area contributed by atoms with Gasteiger partial charge in [0.15, 0.2) is 0 Å². The first-order chi connectivity index (χ1) is 12.1. The minimum absolute atomic E-state index is 0.121. The van der Waals surface area contributed by atoms with Crippen molar-refractivity contribution in [1.82, 2.24) is 19.6 Å². The van der Waals surface area contributed by atoms with Crippen molar-refractivity contribution in [2.75, 3.05) is 32.8 Å². The highest BCUT2D eigenvalue weighted by Crippen LogP contribution is 2.60. The molecular formula is C19H28N4O2. The molecule has 2 aliphatic carbocycles. The molecule has 1 aromatic heterocycles. The van der Waals surface area contributed by atoms with Gasteiger partial charge in [-0.2, -0.15) is 5.10 Å². The van der Waals surface area contributed by atoms with Gasteiger partial charge in [0.05, 0.1) is 6.61 Å². The second-order valence-electron chi connectivity index (χ2n) is 8.62. The molecule has 1 amide bonds. The molecule has 3 atom stereocenters. The van der Waals surface area contributed by atoms with Gasteiger partial charge < -0.3 is 9.64 Å². The van der Waals surface area contributed by atoms with Crippen molar-refractivity contribution in [2.45, 2.75) is 38.1 Å². The van der Waals surface area contributed by atoms with Crippen LogP contribution in [0.1, 0.15) is 37.8 Å². The molecule has 0 radical (unpaired) electrons. The zero-order valence-electron chi connectivity index (χ0n) is 15.2. The molecule has 0 unspecified atom stereocenters. The molecule has 25 heavy (non-hydrogen) atoms. The summed E-state index contributed by atoms with van der Waals surface area (Å²) >= 11 is 0. The third kappa shape index (κ3) is 2.40. The Balaban J connectivity index is 1.13. The van der Waals surface area contributed by atoms with Gasteiger partial charge in [-0.25, -0.2) is 4.79 Å². The number of rotatable bonds is 3.